The monoisotopic (exact) mass is 294 g/mol. The second-order valence-electron chi connectivity index (χ2n) is 7.46. The van der Waals surface area contributed by atoms with E-state index < -0.39 is 6.04 Å². The minimum atomic E-state index is -0.442. The van der Waals surface area contributed by atoms with Crippen molar-refractivity contribution in [3.63, 3.8) is 0 Å². The number of amides is 2. The Morgan fingerprint density at radius 1 is 1.29 bits per heavy atom. The normalized spacial score (nSPS) is 19.6. The molecule has 0 fully saturated rings. The molecule has 120 valence electrons. The Kier molecular flexibility index (Phi) is 6.43. The maximum Gasteiger partial charge on any atom is 0.242 e. The van der Waals surface area contributed by atoms with Gasteiger partial charge in [-0.1, -0.05) is 26.0 Å². The van der Waals surface area contributed by atoms with Crippen LogP contribution in [-0.2, 0) is 9.59 Å². The number of hydrogen-bond donors (Lipinski definition) is 2. The Labute approximate surface area is 128 Å². The number of nitrogens with one attached hydrogen (secondary N) is 2. The predicted octanol–water partition coefficient (Wildman–Crippen LogP) is 2.79. The molecule has 0 bridgehead atoms. The van der Waals surface area contributed by atoms with Crippen LogP contribution < -0.4 is 10.6 Å². The fourth-order valence-electron chi connectivity index (χ4n) is 2.52. The molecule has 1 aliphatic rings. The van der Waals surface area contributed by atoms with Gasteiger partial charge in [0.15, 0.2) is 0 Å². The molecule has 1 rings (SSSR count). The van der Waals surface area contributed by atoms with Crippen molar-refractivity contribution in [2.24, 2.45) is 11.8 Å². The Hall–Kier alpha value is -1.32. The standard InChI is InChI=1S/C17H30N2O2/c1-12(2)10-14(16(21)19-17(3,4)5)18-15(20)11-13-8-6-7-9-13/h6,8,12-14H,7,9-11H2,1-5H3,(H,18,20)(H,19,21)/t13?,14-/m0/s1. The topological polar surface area (TPSA) is 58.2 Å². The van der Waals surface area contributed by atoms with Crippen LogP contribution in [0.15, 0.2) is 12.2 Å². The van der Waals surface area contributed by atoms with E-state index in [0.29, 0.717) is 24.7 Å². The highest BCUT2D eigenvalue weighted by atomic mass is 16.2. The van der Waals surface area contributed by atoms with Gasteiger partial charge in [-0.3, -0.25) is 9.59 Å². The number of carbonyl (C=O) groups excluding carboxylic acids is 2. The fraction of sp³-hybridized carbons (Fsp3) is 0.765. The maximum absolute atomic E-state index is 12.3. The van der Waals surface area contributed by atoms with Crippen LogP contribution in [0.5, 0.6) is 0 Å². The molecule has 0 heterocycles. The van der Waals surface area contributed by atoms with Crippen LogP contribution in [0.25, 0.3) is 0 Å². The van der Waals surface area contributed by atoms with Gasteiger partial charge in [0.25, 0.3) is 0 Å². The molecule has 0 aromatic rings. The van der Waals surface area contributed by atoms with Crippen LogP contribution in [0.2, 0.25) is 0 Å². The summed E-state index contributed by atoms with van der Waals surface area (Å²) in [6.45, 7) is 9.96. The quantitative estimate of drug-likeness (QED) is 0.740. The highest BCUT2D eigenvalue weighted by Gasteiger charge is 2.26. The van der Waals surface area contributed by atoms with Crippen LogP contribution in [-0.4, -0.2) is 23.4 Å². The van der Waals surface area contributed by atoms with Crippen LogP contribution >= 0.6 is 0 Å². The first-order chi connectivity index (χ1) is 9.67. The van der Waals surface area contributed by atoms with E-state index >= 15 is 0 Å². The molecule has 0 aliphatic heterocycles. The smallest absolute Gasteiger partial charge is 0.242 e. The molecule has 2 N–H and O–H groups in total. The molecule has 4 heteroatoms. The van der Waals surface area contributed by atoms with Crippen LogP contribution in [0.1, 0.15) is 60.3 Å². The second kappa shape index (κ2) is 7.62. The Morgan fingerprint density at radius 2 is 1.95 bits per heavy atom. The number of carbonyl (C=O) groups is 2. The van der Waals surface area contributed by atoms with Crippen molar-refractivity contribution in [1.82, 2.24) is 10.6 Å². The minimum Gasteiger partial charge on any atom is -0.350 e. The third-order valence-electron chi connectivity index (χ3n) is 3.42. The zero-order valence-electron chi connectivity index (χ0n) is 14.0. The van der Waals surface area contributed by atoms with Crippen molar-refractivity contribution in [2.45, 2.75) is 71.9 Å². The van der Waals surface area contributed by atoms with Crippen molar-refractivity contribution in [3.05, 3.63) is 12.2 Å². The molecule has 4 nitrogen and oxygen atoms in total. The zero-order chi connectivity index (χ0) is 16.0. The van der Waals surface area contributed by atoms with Crippen molar-refractivity contribution in [1.29, 1.82) is 0 Å². The molecule has 2 amide bonds. The third kappa shape index (κ3) is 7.30. The molecule has 0 aromatic heterocycles. The lowest BCUT2D eigenvalue weighted by molar-refractivity contribution is -0.130. The van der Waals surface area contributed by atoms with Gasteiger partial charge in [-0.15, -0.1) is 0 Å². The molecule has 0 aromatic carbocycles. The van der Waals surface area contributed by atoms with Crippen molar-refractivity contribution in [3.8, 4) is 0 Å². The van der Waals surface area contributed by atoms with E-state index in [4.69, 9.17) is 0 Å². The first-order valence-corrected chi connectivity index (χ1v) is 7.95. The van der Waals surface area contributed by atoms with Crippen LogP contribution in [0, 0.1) is 11.8 Å². The molecular weight excluding hydrogens is 264 g/mol. The summed E-state index contributed by atoms with van der Waals surface area (Å²) >= 11 is 0. The van der Waals surface area contributed by atoms with Gasteiger partial charge in [-0.05, 0) is 51.9 Å². The lowest BCUT2D eigenvalue weighted by atomic mass is 10.00. The van der Waals surface area contributed by atoms with E-state index in [1.54, 1.807) is 0 Å². The number of hydrogen-bond acceptors (Lipinski definition) is 2. The van der Waals surface area contributed by atoms with E-state index in [-0.39, 0.29) is 17.4 Å². The lowest BCUT2D eigenvalue weighted by Crippen LogP contribution is -2.52. The fourth-order valence-corrected chi connectivity index (χ4v) is 2.52. The summed E-state index contributed by atoms with van der Waals surface area (Å²) in [4.78, 5) is 24.5. The van der Waals surface area contributed by atoms with Gasteiger partial charge >= 0.3 is 0 Å². The average molecular weight is 294 g/mol. The van der Waals surface area contributed by atoms with E-state index in [9.17, 15) is 9.59 Å². The molecule has 2 atom stereocenters. The Bertz CT molecular complexity index is 394. The number of allylic oxidation sites excluding steroid dienone is 2. The summed E-state index contributed by atoms with van der Waals surface area (Å²) in [5, 5.41) is 5.87. The van der Waals surface area contributed by atoms with Gasteiger partial charge in [0.05, 0.1) is 0 Å². The molecule has 0 spiro atoms. The van der Waals surface area contributed by atoms with Crippen molar-refractivity contribution < 1.29 is 9.59 Å². The van der Waals surface area contributed by atoms with Gasteiger partial charge in [0.2, 0.25) is 11.8 Å². The lowest BCUT2D eigenvalue weighted by Gasteiger charge is -2.26. The molecule has 1 aliphatic carbocycles. The Morgan fingerprint density at radius 3 is 2.43 bits per heavy atom. The first-order valence-electron chi connectivity index (χ1n) is 7.95. The average Bonchev–Trinajstić information content (AvgIpc) is 2.77. The summed E-state index contributed by atoms with van der Waals surface area (Å²) < 4.78 is 0. The molecule has 0 saturated heterocycles. The van der Waals surface area contributed by atoms with E-state index in [0.717, 1.165) is 12.8 Å². The molecule has 1 unspecified atom stereocenters. The Balaban J connectivity index is 2.57. The van der Waals surface area contributed by atoms with Gasteiger partial charge < -0.3 is 10.6 Å². The van der Waals surface area contributed by atoms with Gasteiger partial charge in [0, 0.05) is 12.0 Å². The molecular formula is C17H30N2O2. The summed E-state index contributed by atoms with van der Waals surface area (Å²) in [7, 11) is 0. The number of rotatable bonds is 6. The summed E-state index contributed by atoms with van der Waals surface area (Å²) in [5.41, 5.74) is -0.286. The summed E-state index contributed by atoms with van der Waals surface area (Å²) in [6, 6.07) is -0.442. The second-order valence-corrected chi connectivity index (χ2v) is 7.46. The zero-order valence-corrected chi connectivity index (χ0v) is 14.0. The van der Waals surface area contributed by atoms with Crippen molar-refractivity contribution >= 4 is 11.8 Å². The van der Waals surface area contributed by atoms with Gasteiger partial charge in [-0.25, -0.2) is 0 Å². The largest absolute Gasteiger partial charge is 0.350 e. The molecule has 21 heavy (non-hydrogen) atoms. The predicted molar refractivity (Wildman–Crippen MR) is 85.8 cm³/mol. The highest BCUT2D eigenvalue weighted by Crippen LogP contribution is 2.20. The van der Waals surface area contributed by atoms with E-state index in [1.165, 1.54) is 0 Å². The van der Waals surface area contributed by atoms with Crippen molar-refractivity contribution in [2.75, 3.05) is 0 Å². The van der Waals surface area contributed by atoms with Gasteiger partial charge in [-0.2, -0.15) is 0 Å². The maximum atomic E-state index is 12.3. The SMILES string of the molecule is CC(C)C[C@H](NC(=O)CC1C=CCC1)C(=O)NC(C)(C)C. The van der Waals surface area contributed by atoms with E-state index in [2.05, 4.69) is 36.6 Å². The van der Waals surface area contributed by atoms with Crippen LogP contribution in [0.3, 0.4) is 0 Å². The summed E-state index contributed by atoms with van der Waals surface area (Å²) in [6.07, 6.45) is 7.46. The summed E-state index contributed by atoms with van der Waals surface area (Å²) in [5.74, 6) is 0.565. The third-order valence-corrected chi connectivity index (χ3v) is 3.42. The highest BCUT2D eigenvalue weighted by molar-refractivity contribution is 5.88. The molecule has 0 saturated carbocycles. The minimum absolute atomic E-state index is 0.0266. The van der Waals surface area contributed by atoms with Crippen LogP contribution in [0.4, 0.5) is 0 Å². The first kappa shape index (κ1) is 17.7. The molecule has 0 radical (unpaired) electrons. The van der Waals surface area contributed by atoms with Gasteiger partial charge in [0.1, 0.15) is 6.04 Å². The van der Waals surface area contributed by atoms with E-state index in [1.807, 2.05) is 20.8 Å².